The van der Waals surface area contributed by atoms with Crippen LogP contribution in [0.3, 0.4) is 0 Å². The minimum absolute atomic E-state index is 0. The minimum atomic E-state index is 0. The standard InChI is InChI=1S/4ClH.Li/h4*1H;/q;;;;+1/p-1. The van der Waals surface area contributed by atoms with E-state index in [0.717, 1.165) is 0 Å². The van der Waals surface area contributed by atoms with E-state index in [9.17, 15) is 0 Å². The van der Waals surface area contributed by atoms with Crippen LogP contribution in [0.2, 0.25) is 0 Å². The SMILES string of the molecule is Cl.Cl.Cl.[Li][Cl]. The van der Waals surface area contributed by atoms with Gasteiger partial charge in [0.2, 0.25) is 0 Å². The average molecular weight is 152 g/mol. The normalized spacial score (nSPS) is 1.40. The molecular formula is H3Cl4Li. The molecular weight excluding hydrogens is 149 g/mol. The van der Waals surface area contributed by atoms with Gasteiger partial charge in [-0.15, -0.1) is 37.2 Å². The van der Waals surface area contributed by atoms with E-state index in [2.05, 4.69) is 9.80 Å². The van der Waals surface area contributed by atoms with Crippen LogP contribution in [0.1, 0.15) is 0 Å². The first-order valence-corrected chi connectivity index (χ1v) is 1.13. The maximum absolute atomic E-state index is 4.64. The van der Waals surface area contributed by atoms with Crippen molar-refractivity contribution in [2.75, 3.05) is 0 Å². The quantitative estimate of drug-likeness (QED) is 0.462. The molecule has 5 heavy (non-hydrogen) atoms. The summed E-state index contributed by atoms with van der Waals surface area (Å²) in [5, 5.41) is 0. The Kier molecular flexibility index (Phi) is 249. The van der Waals surface area contributed by atoms with Crippen molar-refractivity contribution in [3.8, 4) is 0 Å². The van der Waals surface area contributed by atoms with Gasteiger partial charge in [-0.3, -0.25) is 0 Å². The van der Waals surface area contributed by atoms with Gasteiger partial charge in [0.25, 0.3) is 0 Å². The zero-order valence-electron chi connectivity index (χ0n) is 2.60. The predicted molar refractivity (Wildman–Crippen MR) is 33.4 cm³/mol. The molecule has 0 unspecified atom stereocenters. The molecule has 0 aliphatic rings. The number of hydrogen-bond donors (Lipinski definition) is 0. The van der Waals surface area contributed by atoms with Crippen LogP contribution in [-0.4, -0.2) is 16.7 Å². The van der Waals surface area contributed by atoms with Gasteiger partial charge in [-0.25, -0.2) is 0 Å². The fourth-order valence-electron chi connectivity index (χ4n) is 0. The van der Waals surface area contributed by atoms with Gasteiger partial charge >= 0.3 is 26.5 Å². The third kappa shape index (κ3) is 26.3. The third-order valence-electron chi connectivity index (χ3n) is 0. The first-order valence-electron chi connectivity index (χ1n) is 0.378. The molecule has 0 heterocycles. The zero-order chi connectivity index (χ0) is 2.00. The Hall–Kier alpha value is 1.76. The Morgan fingerprint density at radius 2 is 0.800 bits per heavy atom. The summed E-state index contributed by atoms with van der Waals surface area (Å²) in [5.41, 5.74) is 0. The van der Waals surface area contributed by atoms with Crippen LogP contribution < -0.4 is 0 Å². The molecule has 0 aromatic rings. The van der Waals surface area contributed by atoms with Gasteiger partial charge in [0.05, 0.1) is 0 Å². The second-order valence-corrected chi connectivity index (χ2v) is 0. The van der Waals surface area contributed by atoms with Crippen molar-refractivity contribution < 1.29 is 0 Å². The molecule has 0 aliphatic heterocycles. The molecule has 0 fully saturated rings. The number of hydrogen-bond acceptors (Lipinski definition) is 0. The van der Waals surface area contributed by atoms with Crippen LogP contribution in [-0.2, 0) is 0 Å². The van der Waals surface area contributed by atoms with Crippen molar-refractivity contribution >= 4 is 63.8 Å². The van der Waals surface area contributed by atoms with Gasteiger partial charge in [0, 0.05) is 0 Å². The Morgan fingerprint density at radius 3 is 0.800 bits per heavy atom. The van der Waals surface area contributed by atoms with Gasteiger partial charge < -0.3 is 0 Å². The topological polar surface area (TPSA) is 0 Å². The van der Waals surface area contributed by atoms with Crippen molar-refractivity contribution in [3.63, 3.8) is 0 Å². The van der Waals surface area contributed by atoms with Crippen LogP contribution >= 0.6 is 47.0 Å². The molecule has 0 N–H and O–H groups in total. The predicted octanol–water partition coefficient (Wildman–Crippen LogP) is 1.57. The van der Waals surface area contributed by atoms with Crippen molar-refractivity contribution in [2.24, 2.45) is 0 Å². The summed E-state index contributed by atoms with van der Waals surface area (Å²) in [7, 11) is 4.64. The van der Waals surface area contributed by atoms with Gasteiger partial charge in [-0.05, 0) is 0 Å². The van der Waals surface area contributed by atoms with E-state index >= 15 is 0 Å². The summed E-state index contributed by atoms with van der Waals surface area (Å²) in [5.74, 6) is 0. The molecule has 0 atom stereocenters. The Labute approximate surface area is 63.6 Å². The molecule has 0 nitrogen and oxygen atoms in total. The fraction of sp³-hybridized carbons (Fsp3) is 0. The summed E-state index contributed by atoms with van der Waals surface area (Å²) in [6.45, 7) is 0. The molecule has 0 spiro atoms. The van der Waals surface area contributed by atoms with Crippen molar-refractivity contribution in [1.29, 1.82) is 0 Å². The summed E-state index contributed by atoms with van der Waals surface area (Å²) in [6, 6.07) is 0. The molecule has 0 aliphatic carbocycles. The molecule has 0 aromatic carbocycles. The monoisotopic (exact) mass is 150 g/mol. The van der Waals surface area contributed by atoms with E-state index in [1.807, 2.05) is 0 Å². The van der Waals surface area contributed by atoms with E-state index in [0.29, 0.717) is 0 Å². The molecule has 0 saturated carbocycles. The number of halogens is 4. The first kappa shape index (κ1) is 29.5. The molecule has 0 bridgehead atoms. The Bertz CT molecular complexity index is 3.61. The van der Waals surface area contributed by atoms with Crippen molar-refractivity contribution in [2.45, 2.75) is 0 Å². The summed E-state index contributed by atoms with van der Waals surface area (Å²) < 4.78 is 0. The Balaban J connectivity index is -0.00000000167. The third-order valence-corrected chi connectivity index (χ3v) is 0. The van der Waals surface area contributed by atoms with Crippen LogP contribution in [0, 0.1) is 0 Å². The van der Waals surface area contributed by atoms with E-state index in [4.69, 9.17) is 0 Å². The van der Waals surface area contributed by atoms with Crippen molar-refractivity contribution in [1.82, 2.24) is 0 Å². The van der Waals surface area contributed by atoms with E-state index < -0.39 is 0 Å². The van der Waals surface area contributed by atoms with Crippen LogP contribution in [0.5, 0.6) is 0 Å². The van der Waals surface area contributed by atoms with Crippen LogP contribution in [0.15, 0.2) is 0 Å². The molecule has 0 rings (SSSR count). The number of rotatable bonds is 0. The average Bonchev–Trinajstić information content (AvgIpc) is 1.00. The van der Waals surface area contributed by atoms with Crippen LogP contribution in [0.25, 0.3) is 0 Å². The van der Waals surface area contributed by atoms with Crippen molar-refractivity contribution in [3.05, 3.63) is 0 Å². The van der Waals surface area contributed by atoms with Gasteiger partial charge in [-0.2, -0.15) is 0 Å². The summed E-state index contributed by atoms with van der Waals surface area (Å²) >= 11 is 1.47. The van der Waals surface area contributed by atoms with E-state index in [-0.39, 0.29) is 37.2 Å². The maximum atomic E-state index is 4.64. The second kappa shape index (κ2) is 42.2. The van der Waals surface area contributed by atoms with E-state index in [1.54, 1.807) is 0 Å². The zero-order valence-corrected chi connectivity index (χ0v) is 5.81. The fourth-order valence-corrected chi connectivity index (χ4v) is 0. The molecule has 32 valence electrons. The second-order valence-electron chi connectivity index (χ2n) is 0. The molecule has 0 radical (unpaired) electrons. The molecule has 5 heteroatoms. The molecule has 0 saturated heterocycles. The summed E-state index contributed by atoms with van der Waals surface area (Å²) in [4.78, 5) is 0. The van der Waals surface area contributed by atoms with E-state index in [1.165, 1.54) is 16.7 Å². The summed E-state index contributed by atoms with van der Waals surface area (Å²) in [6.07, 6.45) is 0. The van der Waals surface area contributed by atoms with Gasteiger partial charge in [0.1, 0.15) is 0 Å². The molecule has 0 amide bonds. The van der Waals surface area contributed by atoms with Gasteiger partial charge in [0.15, 0.2) is 0 Å². The van der Waals surface area contributed by atoms with Crippen LogP contribution in [0.4, 0.5) is 0 Å². The Morgan fingerprint density at radius 1 is 0.800 bits per heavy atom. The first-order chi connectivity index (χ1) is 1.00. The molecule has 0 aromatic heterocycles. The van der Waals surface area contributed by atoms with Gasteiger partial charge in [-0.1, -0.05) is 0 Å².